The Hall–Kier alpha value is -3.27. The zero-order valence-corrected chi connectivity index (χ0v) is 18.2. The molecule has 0 radical (unpaired) electrons. The first-order valence-electron chi connectivity index (χ1n) is 9.98. The number of H-pyrrole nitrogens is 1. The van der Waals surface area contributed by atoms with Gasteiger partial charge in [0.25, 0.3) is 0 Å². The largest absolute Gasteiger partial charge is 0.503 e. The summed E-state index contributed by atoms with van der Waals surface area (Å²) in [6.07, 6.45) is -0.139. The molecule has 11 heteroatoms. The van der Waals surface area contributed by atoms with Crippen LogP contribution in [0.3, 0.4) is 0 Å². The summed E-state index contributed by atoms with van der Waals surface area (Å²) >= 11 is 6.34. The fourth-order valence-electron chi connectivity index (χ4n) is 3.25. The minimum atomic E-state index is -4.48. The van der Waals surface area contributed by atoms with Gasteiger partial charge in [-0.2, -0.15) is 13.2 Å². The lowest BCUT2D eigenvalue weighted by atomic mass is 9.86. The predicted octanol–water partition coefficient (Wildman–Crippen LogP) is 6.52. The van der Waals surface area contributed by atoms with Gasteiger partial charge in [0, 0.05) is 23.4 Å². The maximum absolute atomic E-state index is 12.8. The molecule has 1 saturated carbocycles. The summed E-state index contributed by atoms with van der Waals surface area (Å²) in [5, 5.41) is 14.2. The van der Waals surface area contributed by atoms with Gasteiger partial charge in [0.15, 0.2) is 0 Å². The van der Waals surface area contributed by atoms with Crippen LogP contribution in [-0.2, 0) is 6.18 Å². The summed E-state index contributed by atoms with van der Waals surface area (Å²) in [5.41, 5.74) is 2.16. The van der Waals surface area contributed by atoms with Crippen LogP contribution in [0, 0.1) is 12.8 Å². The summed E-state index contributed by atoms with van der Waals surface area (Å²) < 4.78 is 44.1. The van der Waals surface area contributed by atoms with Crippen molar-refractivity contribution >= 4 is 17.8 Å². The minimum Gasteiger partial charge on any atom is -0.477 e. The van der Waals surface area contributed by atoms with E-state index in [0.717, 1.165) is 22.9 Å². The number of halogens is 4. The first-order chi connectivity index (χ1) is 15.5. The number of nitrogens with one attached hydrogen (secondary N) is 1. The number of carbonyl (C=O) groups is 1. The highest BCUT2D eigenvalue weighted by Crippen LogP contribution is 2.35. The van der Waals surface area contributed by atoms with Crippen molar-refractivity contribution in [2.75, 3.05) is 6.61 Å². The molecule has 2 heterocycles. The number of aromatic amines is 1. The van der Waals surface area contributed by atoms with Crippen molar-refractivity contribution in [1.29, 1.82) is 0 Å². The monoisotopic (exact) mass is 483 g/mol. The van der Waals surface area contributed by atoms with E-state index in [0.29, 0.717) is 29.0 Å². The van der Waals surface area contributed by atoms with Gasteiger partial charge < -0.3 is 19.9 Å². The first-order valence-corrected chi connectivity index (χ1v) is 10.4. The molecule has 176 valence electrons. The number of nitrogens with zero attached hydrogens (tertiary/aromatic N) is 2. The average molecular weight is 484 g/mol. The maximum atomic E-state index is 12.8. The number of alkyl halides is 3. The van der Waals surface area contributed by atoms with Gasteiger partial charge in [-0.05, 0) is 48.9 Å². The van der Waals surface area contributed by atoms with E-state index in [1.807, 2.05) is 13.0 Å². The van der Waals surface area contributed by atoms with Crippen molar-refractivity contribution in [1.82, 2.24) is 15.0 Å². The molecule has 4 rings (SSSR count). The van der Waals surface area contributed by atoms with Gasteiger partial charge in [0.05, 0.1) is 17.8 Å². The third kappa shape index (κ3) is 6.38. The van der Waals surface area contributed by atoms with Gasteiger partial charge in [0.1, 0.15) is 11.5 Å². The average Bonchev–Trinajstić information content (AvgIpc) is 3.17. The van der Waals surface area contributed by atoms with E-state index < -0.39 is 18.0 Å². The van der Waals surface area contributed by atoms with E-state index in [4.69, 9.17) is 31.3 Å². The van der Waals surface area contributed by atoms with Crippen LogP contribution >= 0.6 is 11.6 Å². The van der Waals surface area contributed by atoms with Crippen molar-refractivity contribution in [2.24, 2.45) is 5.92 Å². The van der Waals surface area contributed by atoms with Crippen LogP contribution in [0.1, 0.15) is 30.5 Å². The molecule has 0 atom stereocenters. The Balaban J connectivity index is 0.000000709. The van der Waals surface area contributed by atoms with Crippen LogP contribution in [0.5, 0.6) is 5.88 Å². The number of carboxylic acid groups (broad SMARTS) is 2. The third-order valence-electron chi connectivity index (χ3n) is 5.19. The Morgan fingerprint density at radius 2 is 1.88 bits per heavy atom. The minimum absolute atomic E-state index is 0.0727. The Morgan fingerprint density at radius 3 is 2.39 bits per heavy atom. The topological polar surface area (TPSA) is 108 Å². The number of rotatable bonds is 5. The Morgan fingerprint density at radius 1 is 1.18 bits per heavy atom. The lowest BCUT2D eigenvalue weighted by molar-refractivity contribution is -0.140. The fourth-order valence-corrected chi connectivity index (χ4v) is 3.52. The molecule has 1 aromatic carbocycles. The standard InChI is InChI=1S/C21H19ClF3N3O.CH2O3/c1-12-7-19(29-11-13-3-2-4-13)26-9-16(12)14-5-6-15(17(22)8-14)20-27-10-18(28-20)21(23,24)25;2-1(3)4/h5-10,13H,2-4,11H2,1H3,(H,27,28);(H2,2,3,4). The summed E-state index contributed by atoms with van der Waals surface area (Å²) in [7, 11) is 0. The molecule has 0 saturated heterocycles. The van der Waals surface area contributed by atoms with Crippen molar-refractivity contribution in [3.05, 3.63) is 52.9 Å². The Kier molecular flexibility index (Phi) is 7.47. The Bertz CT molecular complexity index is 1130. The molecule has 0 amide bonds. The normalized spacial score (nSPS) is 13.6. The highest BCUT2D eigenvalue weighted by atomic mass is 35.5. The van der Waals surface area contributed by atoms with E-state index >= 15 is 0 Å². The summed E-state index contributed by atoms with van der Waals surface area (Å²) in [4.78, 5) is 19.0. The van der Waals surface area contributed by atoms with E-state index in [-0.39, 0.29) is 5.82 Å². The van der Waals surface area contributed by atoms with Crippen LogP contribution in [0.25, 0.3) is 22.5 Å². The second kappa shape index (κ2) is 10.1. The fraction of sp³-hybridized carbons (Fsp3) is 0.318. The molecule has 0 aliphatic heterocycles. The van der Waals surface area contributed by atoms with Crippen molar-refractivity contribution in [3.63, 3.8) is 0 Å². The van der Waals surface area contributed by atoms with E-state index in [1.54, 1.807) is 24.4 Å². The first kappa shape index (κ1) is 24.4. The van der Waals surface area contributed by atoms with Crippen LogP contribution in [0.15, 0.2) is 36.7 Å². The van der Waals surface area contributed by atoms with Gasteiger partial charge in [0.2, 0.25) is 5.88 Å². The van der Waals surface area contributed by atoms with Crippen LogP contribution in [0.4, 0.5) is 18.0 Å². The van der Waals surface area contributed by atoms with E-state index in [9.17, 15) is 13.2 Å². The summed E-state index contributed by atoms with van der Waals surface area (Å²) in [6, 6.07) is 7.02. The van der Waals surface area contributed by atoms with Gasteiger partial charge in [-0.3, -0.25) is 0 Å². The molecule has 1 fully saturated rings. The van der Waals surface area contributed by atoms with Gasteiger partial charge in [-0.15, -0.1) is 0 Å². The molecule has 3 aromatic rings. The molecule has 2 aromatic heterocycles. The number of pyridine rings is 1. The number of aromatic nitrogens is 3. The third-order valence-corrected chi connectivity index (χ3v) is 5.51. The zero-order chi connectivity index (χ0) is 24.2. The SMILES string of the molecule is Cc1cc(OCC2CCC2)ncc1-c1ccc(-c2ncc(C(F)(F)F)[nH]2)c(Cl)c1.O=C(O)O. The number of aryl methyl sites for hydroxylation is 1. The predicted molar refractivity (Wildman–Crippen MR) is 115 cm³/mol. The quantitative estimate of drug-likeness (QED) is 0.381. The molecule has 0 bridgehead atoms. The molecular weight excluding hydrogens is 463 g/mol. The molecule has 33 heavy (non-hydrogen) atoms. The zero-order valence-electron chi connectivity index (χ0n) is 17.5. The molecular formula is C22H21ClF3N3O4. The second-order valence-corrected chi connectivity index (χ2v) is 7.97. The number of hydrogen-bond donors (Lipinski definition) is 3. The molecule has 3 N–H and O–H groups in total. The Labute approximate surface area is 192 Å². The van der Waals surface area contributed by atoms with Crippen LogP contribution in [0.2, 0.25) is 5.02 Å². The van der Waals surface area contributed by atoms with Crippen molar-refractivity contribution in [2.45, 2.75) is 32.4 Å². The second-order valence-electron chi connectivity index (χ2n) is 7.57. The molecule has 1 aliphatic carbocycles. The van der Waals surface area contributed by atoms with Gasteiger partial charge >= 0.3 is 12.3 Å². The van der Waals surface area contributed by atoms with Gasteiger partial charge in [-0.1, -0.05) is 24.1 Å². The van der Waals surface area contributed by atoms with Crippen molar-refractivity contribution < 1.29 is 32.9 Å². The van der Waals surface area contributed by atoms with Gasteiger partial charge in [-0.25, -0.2) is 14.8 Å². The van der Waals surface area contributed by atoms with Crippen molar-refractivity contribution in [3.8, 4) is 28.4 Å². The molecule has 0 spiro atoms. The van der Waals surface area contributed by atoms with Crippen LogP contribution < -0.4 is 4.74 Å². The highest BCUT2D eigenvalue weighted by molar-refractivity contribution is 6.33. The summed E-state index contributed by atoms with van der Waals surface area (Å²) in [6.45, 7) is 2.65. The number of benzene rings is 1. The van der Waals surface area contributed by atoms with Crippen LogP contribution in [-0.4, -0.2) is 37.9 Å². The smallest absolute Gasteiger partial charge is 0.477 e. The number of ether oxygens (including phenoxy) is 1. The van der Waals surface area contributed by atoms with E-state index in [1.165, 1.54) is 19.3 Å². The molecule has 7 nitrogen and oxygen atoms in total. The van der Waals surface area contributed by atoms with E-state index in [2.05, 4.69) is 15.0 Å². The lowest BCUT2D eigenvalue weighted by Gasteiger charge is -2.24. The maximum Gasteiger partial charge on any atom is 0.503 e. The number of imidazole rings is 1. The lowest BCUT2D eigenvalue weighted by Crippen LogP contribution is -2.19. The number of hydrogen-bond acceptors (Lipinski definition) is 4. The molecule has 0 unspecified atom stereocenters. The molecule has 1 aliphatic rings. The highest BCUT2D eigenvalue weighted by Gasteiger charge is 2.33. The summed E-state index contributed by atoms with van der Waals surface area (Å²) in [5.74, 6) is 1.29.